The van der Waals surface area contributed by atoms with Crippen LogP contribution in [0.2, 0.25) is 0 Å². The van der Waals surface area contributed by atoms with E-state index in [0.717, 1.165) is 37.1 Å². The number of amidine groups is 1. The summed E-state index contributed by atoms with van der Waals surface area (Å²) in [5.74, 6) is 0.273. The second kappa shape index (κ2) is 6.08. The molecule has 0 spiro atoms. The molecule has 1 aromatic carbocycles. The van der Waals surface area contributed by atoms with E-state index in [0.29, 0.717) is 11.5 Å². The monoisotopic (exact) mass is 332 g/mol. The summed E-state index contributed by atoms with van der Waals surface area (Å²) in [6.07, 6.45) is 1.68. The van der Waals surface area contributed by atoms with Crippen molar-refractivity contribution in [2.24, 2.45) is 5.16 Å². The van der Waals surface area contributed by atoms with Crippen LogP contribution in [0, 0.1) is 5.82 Å². The van der Waals surface area contributed by atoms with E-state index in [-0.39, 0.29) is 23.7 Å². The maximum Gasteiger partial charge on any atom is 0.202 e. The molecule has 9 heteroatoms. The van der Waals surface area contributed by atoms with E-state index >= 15 is 0 Å². The summed E-state index contributed by atoms with van der Waals surface area (Å²) in [4.78, 5) is 0. The Hall–Kier alpha value is -2.68. The zero-order valence-electron chi connectivity index (χ0n) is 12.8. The van der Waals surface area contributed by atoms with Gasteiger partial charge in [-0.15, -0.1) is 0 Å². The lowest BCUT2D eigenvalue weighted by molar-refractivity contribution is 0.303. The zero-order chi connectivity index (χ0) is 16.5. The number of hydrogen-bond donors (Lipinski definition) is 4. The Bertz CT molecular complexity index is 771. The van der Waals surface area contributed by atoms with E-state index in [9.17, 15) is 9.60 Å². The highest BCUT2D eigenvalue weighted by Gasteiger charge is 2.30. The molecule has 0 radical (unpaired) electrons. The Morgan fingerprint density at radius 1 is 1.42 bits per heavy atom. The first-order valence-corrected chi connectivity index (χ1v) is 7.81. The fourth-order valence-corrected chi connectivity index (χ4v) is 3.12. The molecule has 4 rings (SSSR count). The van der Waals surface area contributed by atoms with Crippen molar-refractivity contribution in [3.05, 3.63) is 40.8 Å². The molecule has 0 bridgehead atoms. The molecule has 4 N–H and O–H groups in total. The van der Waals surface area contributed by atoms with Crippen molar-refractivity contribution in [1.29, 1.82) is 0 Å². The highest BCUT2D eigenvalue weighted by Crippen LogP contribution is 2.33. The number of fused-ring (bicyclic) bond motifs is 1. The predicted molar refractivity (Wildman–Crippen MR) is 83.5 cm³/mol. The van der Waals surface area contributed by atoms with E-state index in [1.54, 1.807) is 6.07 Å². The molecule has 8 nitrogen and oxygen atoms in total. The van der Waals surface area contributed by atoms with Gasteiger partial charge in [-0.2, -0.15) is 0 Å². The molecule has 1 unspecified atom stereocenters. The molecule has 2 aliphatic rings. The van der Waals surface area contributed by atoms with Crippen LogP contribution in [0.25, 0.3) is 0 Å². The third-order valence-corrected chi connectivity index (χ3v) is 4.43. The largest absolute Gasteiger partial charge is 0.409 e. The van der Waals surface area contributed by atoms with E-state index < -0.39 is 0 Å². The van der Waals surface area contributed by atoms with Crippen molar-refractivity contribution >= 4 is 11.7 Å². The van der Waals surface area contributed by atoms with Crippen molar-refractivity contribution in [1.82, 2.24) is 20.9 Å². The lowest BCUT2D eigenvalue weighted by Gasteiger charge is -2.31. The minimum absolute atomic E-state index is 0.140. The second-order valence-electron chi connectivity index (χ2n) is 5.99. The minimum atomic E-state index is -0.290. The van der Waals surface area contributed by atoms with Gasteiger partial charge in [0.05, 0.1) is 6.04 Å². The van der Waals surface area contributed by atoms with Crippen LogP contribution in [0.15, 0.2) is 28.0 Å². The maximum atomic E-state index is 13.4. The number of oxime groups is 1. The third kappa shape index (κ3) is 2.67. The average Bonchev–Trinajstić information content (AvgIpc) is 3.23. The van der Waals surface area contributed by atoms with Gasteiger partial charge in [0.2, 0.25) is 5.82 Å². The summed E-state index contributed by atoms with van der Waals surface area (Å²) in [6.45, 7) is 1.75. The Balaban J connectivity index is 1.50. The van der Waals surface area contributed by atoms with Crippen molar-refractivity contribution in [3.63, 3.8) is 0 Å². The SMILES string of the molecule is O/N=C(\N[C@H]1Cc2ccc(F)cc21)c1nonc1NC1CCNC1. The first kappa shape index (κ1) is 14.9. The summed E-state index contributed by atoms with van der Waals surface area (Å²) in [5, 5.41) is 29.8. The van der Waals surface area contributed by atoms with E-state index in [1.807, 2.05) is 0 Å². The molecule has 126 valence electrons. The molecule has 2 atom stereocenters. The van der Waals surface area contributed by atoms with Gasteiger partial charge >= 0.3 is 0 Å². The molecule has 2 aromatic rings. The van der Waals surface area contributed by atoms with Gasteiger partial charge < -0.3 is 21.2 Å². The van der Waals surface area contributed by atoms with Gasteiger partial charge in [-0.05, 0) is 53.0 Å². The number of anilines is 1. The summed E-state index contributed by atoms with van der Waals surface area (Å²) in [7, 11) is 0. The number of aromatic nitrogens is 2. The molecule has 1 aliphatic carbocycles. The molecule has 24 heavy (non-hydrogen) atoms. The second-order valence-corrected chi connectivity index (χ2v) is 5.99. The molecule has 0 amide bonds. The van der Waals surface area contributed by atoms with Crippen LogP contribution in [0.3, 0.4) is 0 Å². The van der Waals surface area contributed by atoms with Crippen LogP contribution in [-0.2, 0) is 6.42 Å². The lowest BCUT2D eigenvalue weighted by atomic mass is 9.83. The highest BCUT2D eigenvalue weighted by atomic mass is 19.1. The number of nitrogens with one attached hydrogen (secondary N) is 3. The summed E-state index contributed by atoms with van der Waals surface area (Å²) < 4.78 is 18.2. The first-order chi connectivity index (χ1) is 11.7. The minimum Gasteiger partial charge on any atom is -0.409 e. The van der Waals surface area contributed by atoms with Crippen molar-refractivity contribution in [2.75, 3.05) is 18.4 Å². The van der Waals surface area contributed by atoms with Gasteiger partial charge in [0.25, 0.3) is 0 Å². The normalized spacial score (nSPS) is 22.8. The smallest absolute Gasteiger partial charge is 0.202 e. The lowest BCUT2D eigenvalue weighted by Crippen LogP contribution is -2.37. The Labute approximate surface area is 137 Å². The van der Waals surface area contributed by atoms with Crippen LogP contribution < -0.4 is 16.0 Å². The molecule has 1 aromatic heterocycles. The third-order valence-electron chi connectivity index (χ3n) is 4.43. The zero-order valence-corrected chi connectivity index (χ0v) is 12.8. The van der Waals surface area contributed by atoms with E-state index in [1.165, 1.54) is 12.1 Å². The average molecular weight is 332 g/mol. The molecule has 2 heterocycles. The van der Waals surface area contributed by atoms with Crippen LogP contribution in [0.5, 0.6) is 0 Å². The summed E-state index contributed by atoms with van der Waals surface area (Å²) >= 11 is 0. The van der Waals surface area contributed by atoms with Crippen LogP contribution in [0.4, 0.5) is 10.2 Å². The Morgan fingerprint density at radius 2 is 2.33 bits per heavy atom. The number of benzene rings is 1. The fraction of sp³-hybridized carbons (Fsp3) is 0.400. The number of hydrogen-bond acceptors (Lipinski definition) is 7. The van der Waals surface area contributed by atoms with Crippen LogP contribution in [-0.4, -0.2) is 40.5 Å². The van der Waals surface area contributed by atoms with Gasteiger partial charge in [-0.25, -0.2) is 9.02 Å². The van der Waals surface area contributed by atoms with Crippen molar-refractivity contribution < 1.29 is 14.2 Å². The summed E-state index contributed by atoms with van der Waals surface area (Å²) in [6, 6.07) is 4.76. The van der Waals surface area contributed by atoms with Gasteiger partial charge in [0.15, 0.2) is 11.5 Å². The molecular weight excluding hydrogens is 315 g/mol. The van der Waals surface area contributed by atoms with E-state index in [2.05, 4.69) is 31.4 Å². The molecule has 1 saturated heterocycles. The van der Waals surface area contributed by atoms with Gasteiger partial charge in [-0.3, -0.25) is 0 Å². The number of rotatable bonds is 4. The molecule has 1 fully saturated rings. The Kier molecular flexibility index (Phi) is 3.77. The Morgan fingerprint density at radius 3 is 3.12 bits per heavy atom. The standard InChI is InChI=1S/C15H17FN6O2/c16-9-2-1-8-5-12(11(8)6-9)19-14(20-23)13-15(22-24-21-13)18-10-3-4-17-7-10/h1-2,6,10,12,17,23H,3-5,7H2,(H,18,22)(H,19,20)/t10?,12-/m0/s1. The predicted octanol–water partition coefficient (Wildman–Crippen LogP) is 1.01. The van der Waals surface area contributed by atoms with Crippen molar-refractivity contribution in [2.45, 2.75) is 24.9 Å². The highest BCUT2D eigenvalue weighted by molar-refractivity contribution is 6.00. The van der Waals surface area contributed by atoms with Crippen LogP contribution >= 0.6 is 0 Å². The van der Waals surface area contributed by atoms with E-state index in [4.69, 9.17) is 4.63 Å². The number of nitrogens with zero attached hydrogens (tertiary/aromatic N) is 3. The molecule has 0 saturated carbocycles. The number of halogens is 1. The quantitative estimate of drug-likeness (QED) is 0.286. The maximum absolute atomic E-state index is 13.4. The van der Waals surface area contributed by atoms with Crippen LogP contribution in [0.1, 0.15) is 29.3 Å². The summed E-state index contributed by atoms with van der Waals surface area (Å²) in [5.41, 5.74) is 2.22. The fourth-order valence-electron chi connectivity index (χ4n) is 3.12. The topological polar surface area (TPSA) is 108 Å². The van der Waals surface area contributed by atoms with Gasteiger partial charge in [0, 0.05) is 12.6 Å². The molecular formula is C15H17FN6O2. The molecule has 1 aliphatic heterocycles. The van der Waals surface area contributed by atoms with Crippen molar-refractivity contribution in [3.8, 4) is 0 Å². The van der Waals surface area contributed by atoms with Gasteiger partial charge in [0.1, 0.15) is 5.82 Å². The first-order valence-electron chi connectivity index (χ1n) is 7.81. The van der Waals surface area contributed by atoms with Gasteiger partial charge in [-0.1, -0.05) is 11.2 Å².